The Hall–Kier alpha value is -1.99. The van der Waals surface area contributed by atoms with Gasteiger partial charge in [-0.25, -0.2) is 0 Å². The largest absolute Gasteiger partial charge is 0.379 e. The van der Waals surface area contributed by atoms with Crippen molar-refractivity contribution < 1.29 is 9.66 Å². The first-order chi connectivity index (χ1) is 12.6. The summed E-state index contributed by atoms with van der Waals surface area (Å²) in [6, 6.07) is 14.9. The molecule has 1 N–H and O–H groups in total. The summed E-state index contributed by atoms with van der Waals surface area (Å²) < 4.78 is 5.47. The molecule has 0 bridgehead atoms. The van der Waals surface area contributed by atoms with Gasteiger partial charge in [0.1, 0.15) is 0 Å². The fraction of sp³-hybridized carbons (Fsp3) is 0.368. The average molecular weight is 376 g/mol. The molecule has 1 aliphatic heterocycles. The van der Waals surface area contributed by atoms with Crippen molar-refractivity contribution in [2.75, 3.05) is 32.8 Å². The maximum atomic E-state index is 10.9. The third-order valence-electron chi connectivity index (χ3n) is 4.53. The first kappa shape index (κ1) is 18.8. The Morgan fingerprint density at radius 1 is 1.19 bits per heavy atom. The fourth-order valence-corrected chi connectivity index (χ4v) is 3.29. The van der Waals surface area contributed by atoms with Gasteiger partial charge in [-0.15, -0.1) is 0 Å². The average Bonchev–Trinajstić information content (AvgIpc) is 2.67. The van der Waals surface area contributed by atoms with E-state index in [1.165, 1.54) is 11.6 Å². The standard InChI is InChI=1S/C19H22ClN3O3/c20-17-6-4-16(5-7-17)19(22-8-10-26-11-9-22)14-21-13-15-2-1-3-18(12-15)23(24)25/h1-7,12,19,21H,8-11,13-14H2. The molecule has 2 aromatic rings. The van der Waals surface area contributed by atoms with Gasteiger partial charge in [-0.1, -0.05) is 35.9 Å². The lowest BCUT2D eigenvalue weighted by molar-refractivity contribution is -0.384. The summed E-state index contributed by atoms with van der Waals surface area (Å²) in [6.45, 7) is 4.54. The van der Waals surface area contributed by atoms with Crippen LogP contribution in [0.1, 0.15) is 17.2 Å². The molecule has 0 aromatic heterocycles. The molecule has 0 radical (unpaired) electrons. The molecular weight excluding hydrogens is 354 g/mol. The Bertz CT molecular complexity index is 733. The number of non-ortho nitro benzene ring substituents is 1. The van der Waals surface area contributed by atoms with Crippen LogP contribution in [0.15, 0.2) is 48.5 Å². The molecule has 0 spiro atoms. The zero-order chi connectivity index (χ0) is 18.4. The SMILES string of the molecule is O=[N+]([O-])c1cccc(CNCC(c2ccc(Cl)cc2)N2CCOCC2)c1. The third kappa shape index (κ3) is 5.02. The van der Waals surface area contributed by atoms with Gasteiger partial charge in [0.15, 0.2) is 0 Å². The Morgan fingerprint density at radius 3 is 2.62 bits per heavy atom. The molecule has 1 saturated heterocycles. The summed E-state index contributed by atoms with van der Waals surface area (Å²) in [5.41, 5.74) is 2.21. The van der Waals surface area contributed by atoms with Crippen LogP contribution in [0.3, 0.4) is 0 Å². The molecule has 138 valence electrons. The van der Waals surface area contributed by atoms with E-state index in [9.17, 15) is 10.1 Å². The molecule has 1 aliphatic rings. The monoisotopic (exact) mass is 375 g/mol. The van der Waals surface area contributed by atoms with E-state index in [2.05, 4.69) is 22.3 Å². The molecule has 26 heavy (non-hydrogen) atoms. The molecule has 0 amide bonds. The number of hydrogen-bond donors (Lipinski definition) is 1. The van der Waals surface area contributed by atoms with Crippen LogP contribution in [0, 0.1) is 10.1 Å². The number of morpholine rings is 1. The zero-order valence-corrected chi connectivity index (χ0v) is 15.2. The van der Waals surface area contributed by atoms with Gasteiger partial charge in [0.05, 0.1) is 18.1 Å². The smallest absolute Gasteiger partial charge is 0.269 e. The lowest BCUT2D eigenvalue weighted by atomic mass is 10.0. The minimum Gasteiger partial charge on any atom is -0.379 e. The molecule has 0 aliphatic carbocycles. The van der Waals surface area contributed by atoms with Crippen molar-refractivity contribution in [1.29, 1.82) is 0 Å². The van der Waals surface area contributed by atoms with Crippen molar-refractivity contribution in [2.24, 2.45) is 0 Å². The number of nitrogens with one attached hydrogen (secondary N) is 1. The molecule has 1 heterocycles. The lowest BCUT2D eigenvalue weighted by Gasteiger charge is -2.35. The van der Waals surface area contributed by atoms with Crippen LogP contribution in [0.25, 0.3) is 0 Å². The van der Waals surface area contributed by atoms with E-state index in [1.807, 2.05) is 18.2 Å². The number of halogens is 1. The summed E-state index contributed by atoms with van der Waals surface area (Å²) in [6.07, 6.45) is 0. The van der Waals surface area contributed by atoms with Gasteiger partial charge < -0.3 is 10.1 Å². The molecule has 1 unspecified atom stereocenters. The number of benzene rings is 2. The minimum absolute atomic E-state index is 0.117. The summed E-state index contributed by atoms with van der Waals surface area (Å²) in [5.74, 6) is 0. The van der Waals surface area contributed by atoms with Crippen LogP contribution in [-0.2, 0) is 11.3 Å². The Balaban J connectivity index is 1.66. The van der Waals surface area contributed by atoms with Gasteiger partial charge in [0, 0.05) is 49.4 Å². The Morgan fingerprint density at radius 2 is 1.92 bits per heavy atom. The van der Waals surface area contributed by atoms with E-state index < -0.39 is 0 Å². The fourth-order valence-electron chi connectivity index (χ4n) is 3.17. The molecule has 6 nitrogen and oxygen atoms in total. The normalized spacial score (nSPS) is 16.3. The van der Waals surface area contributed by atoms with E-state index in [4.69, 9.17) is 16.3 Å². The predicted molar refractivity (Wildman–Crippen MR) is 101 cm³/mol. The van der Waals surface area contributed by atoms with Crippen molar-refractivity contribution in [1.82, 2.24) is 10.2 Å². The van der Waals surface area contributed by atoms with E-state index in [1.54, 1.807) is 12.1 Å². The highest BCUT2D eigenvalue weighted by Crippen LogP contribution is 2.23. The second kappa shape index (κ2) is 9.09. The van der Waals surface area contributed by atoms with Crippen LogP contribution >= 0.6 is 11.6 Å². The molecule has 7 heteroatoms. The Kier molecular flexibility index (Phi) is 6.57. The highest BCUT2D eigenvalue weighted by atomic mass is 35.5. The van der Waals surface area contributed by atoms with Crippen LogP contribution in [0.2, 0.25) is 5.02 Å². The van der Waals surface area contributed by atoms with Gasteiger partial charge in [-0.3, -0.25) is 15.0 Å². The van der Waals surface area contributed by atoms with Crippen molar-refractivity contribution in [3.63, 3.8) is 0 Å². The number of nitro groups is 1. The number of rotatable bonds is 7. The second-order valence-corrected chi connectivity index (χ2v) is 6.71. The van der Waals surface area contributed by atoms with Gasteiger partial charge in [0.2, 0.25) is 0 Å². The quantitative estimate of drug-likeness (QED) is 0.593. The van der Waals surface area contributed by atoms with Crippen molar-refractivity contribution in [3.05, 3.63) is 74.8 Å². The van der Waals surface area contributed by atoms with E-state index in [-0.39, 0.29) is 16.7 Å². The first-order valence-electron chi connectivity index (χ1n) is 8.65. The number of nitro benzene ring substituents is 1. The predicted octanol–water partition coefficient (Wildman–Crippen LogP) is 3.41. The molecule has 2 aromatic carbocycles. The van der Waals surface area contributed by atoms with Gasteiger partial charge in [0.25, 0.3) is 5.69 Å². The third-order valence-corrected chi connectivity index (χ3v) is 4.78. The zero-order valence-electron chi connectivity index (χ0n) is 14.4. The van der Waals surface area contributed by atoms with Crippen molar-refractivity contribution >= 4 is 17.3 Å². The van der Waals surface area contributed by atoms with Gasteiger partial charge >= 0.3 is 0 Å². The summed E-state index contributed by atoms with van der Waals surface area (Å²) in [4.78, 5) is 12.9. The van der Waals surface area contributed by atoms with Crippen LogP contribution < -0.4 is 5.32 Å². The maximum absolute atomic E-state index is 10.9. The summed E-state index contributed by atoms with van der Waals surface area (Å²) in [5, 5.41) is 15.1. The molecule has 1 atom stereocenters. The molecule has 3 rings (SSSR count). The minimum atomic E-state index is -0.367. The van der Waals surface area contributed by atoms with Crippen LogP contribution in [0.4, 0.5) is 5.69 Å². The lowest BCUT2D eigenvalue weighted by Crippen LogP contribution is -2.42. The second-order valence-electron chi connectivity index (χ2n) is 6.27. The maximum Gasteiger partial charge on any atom is 0.269 e. The molecular formula is C19H22ClN3O3. The summed E-state index contributed by atoms with van der Waals surface area (Å²) >= 11 is 6.02. The molecule has 1 fully saturated rings. The van der Waals surface area contributed by atoms with E-state index in [0.29, 0.717) is 6.54 Å². The molecule has 0 saturated carbocycles. The Labute approximate surface area is 157 Å². The highest BCUT2D eigenvalue weighted by Gasteiger charge is 2.22. The van der Waals surface area contributed by atoms with Gasteiger partial charge in [-0.05, 0) is 23.3 Å². The summed E-state index contributed by atoms with van der Waals surface area (Å²) in [7, 11) is 0. The number of ether oxygens (including phenoxy) is 1. The van der Waals surface area contributed by atoms with E-state index >= 15 is 0 Å². The van der Waals surface area contributed by atoms with Crippen LogP contribution in [0.5, 0.6) is 0 Å². The van der Waals surface area contributed by atoms with E-state index in [0.717, 1.165) is 43.4 Å². The van der Waals surface area contributed by atoms with Crippen molar-refractivity contribution in [3.8, 4) is 0 Å². The van der Waals surface area contributed by atoms with Crippen molar-refractivity contribution in [2.45, 2.75) is 12.6 Å². The van der Waals surface area contributed by atoms with Crippen LogP contribution in [-0.4, -0.2) is 42.7 Å². The number of hydrogen-bond acceptors (Lipinski definition) is 5. The topological polar surface area (TPSA) is 67.6 Å². The highest BCUT2D eigenvalue weighted by molar-refractivity contribution is 6.30. The van der Waals surface area contributed by atoms with Gasteiger partial charge in [-0.2, -0.15) is 0 Å². The first-order valence-corrected chi connectivity index (χ1v) is 9.02. The number of nitrogens with zero attached hydrogens (tertiary/aromatic N) is 2.